The van der Waals surface area contributed by atoms with Crippen molar-refractivity contribution in [3.63, 3.8) is 0 Å². The topological polar surface area (TPSA) is 94.0 Å². The molecular formula is C27H20Cl2N2O5S. The number of fused-ring (bicyclic) bond motifs is 1. The first-order chi connectivity index (χ1) is 17.8. The summed E-state index contributed by atoms with van der Waals surface area (Å²) in [5.74, 6) is 0.304. The monoisotopic (exact) mass is 554 g/mol. The van der Waals surface area contributed by atoms with Crippen LogP contribution >= 0.6 is 34.5 Å². The highest BCUT2D eigenvalue weighted by Gasteiger charge is 2.35. The van der Waals surface area contributed by atoms with E-state index in [0.29, 0.717) is 47.7 Å². The zero-order valence-corrected chi connectivity index (χ0v) is 22.0. The summed E-state index contributed by atoms with van der Waals surface area (Å²) in [6, 6.07) is 14.4. The van der Waals surface area contributed by atoms with E-state index in [1.165, 1.54) is 4.57 Å². The molecule has 37 heavy (non-hydrogen) atoms. The van der Waals surface area contributed by atoms with Gasteiger partial charge in [-0.3, -0.25) is 9.36 Å². The lowest BCUT2D eigenvalue weighted by Crippen LogP contribution is -2.39. The van der Waals surface area contributed by atoms with Crippen LogP contribution in [0.5, 0.6) is 5.75 Å². The first kappa shape index (κ1) is 25.1. The van der Waals surface area contributed by atoms with Crippen LogP contribution in [0.1, 0.15) is 31.2 Å². The molecule has 1 aliphatic rings. The first-order valence-electron chi connectivity index (χ1n) is 11.3. The van der Waals surface area contributed by atoms with Crippen molar-refractivity contribution in [2.75, 3.05) is 6.61 Å². The Bertz CT molecular complexity index is 1750. The normalized spacial score (nSPS) is 15.5. The van der Waals surface area contributed by atoms with Crippen molar-refractivity contribution < 1.29 is 19.1 Å². The highest BCUT2D eigenvalue weighted by molar-refractivity contribution is 7.07. The van der Waals surface area contributed by atoms with Crippen molar-refractivity contribution >= 4 is 46.6 Å². The molecule has 4 aromatic rings. The number of aromatic nitrogens is 1. The molecule has 2 aromatic carbocycles. The molecule has 10 heteroatoms. The second kappa shape index (κ2) is 10.0. The molecule has 0 aliphatic carbocycles. The quantitative estimate of drug-likeness (QED) is 0.347. The van der Waals surface area contributed by atoms with Gasteiger partial charge in [-0.05, 0) is 56.3 Å². The molecule has 1 aliphatic heterocycles. The maximum absolute atomic E-state index is 13.7. The maximum Gasteiger partial charge on any atom is 0.338 e. The van der Waals surface area contributed by atoms with E-state index in [4.69, 9.17) is 32.4 Å². The molecule has 1 atom stereocenters. The van der Waals surface area contributed by atoms with Crippen LogP contribution in [0.4, 0.5) is 0 Å². The van der Waals surface area contributed by atoms with Crippen LogP contribution in [0.25, 0.3) is 17.4 Å². The number of allylic oxidation sites excluding steroid dienone is 1. The zero-order chi connectivity index (χ0) is 26.3. The van der Waals surface area contributed by atoms with Crippen LogP contribution in [-0.4, -0.2) is 22.2 Å². The van der Waals surface area contributed by atoms with E-state index in [1.54, 1.807) is 74.5 Å². The molecule has 2 aromatic heterocycles. The van der Waals surface area contributed by atoms with Crippen LogP contribution in [0.2, 0.25) is 10.0 Å². The fourth-order valence-corrected chi connectivity index (χ4v) is 5.45. The number of furan rings is 1. The van der Waals surface area contributed by atoms with Gasteiger partial charge in [0.15, 0.2) is 4.80 Å². The lowest BCUT2D eigenvalue weighted by Gasteiger charge is -2.22. The number of halogens is 2. The average Bonchev–Trinajstić information content (AvgIpc) is 3.47. The molecule has 0 saturated carbocycles. The smallest absolute Gasteiger partial charge is 0.338 e. The molecule has 188 valence electrons. The van der Waals surface area contributed by atoms with Gasteiger partial charge in [0.25, 0.3) is 5.56 Å². The predicted molar refractivity (Wildman–Crippen MR) is 143 cm³/mol. The average molecular weight is 555 g/mol. The molecule has 7 nitrogen and oxygen atoms in total. The minimum atomic E-state index is -0.904. The van der Waals surface area contributed by atoms with Crippen LogP contribution in [-0.2, 0) is 9.53 Å². The Hall–Kier alpha value is -3.59. The van der Waals surface area contributed by atoms with Crippen molar-refractivity contribution in [1.82, 2.24) is 4.57 Å². The van der Waals surface area contributed by atoms with Crippen LogP contribution in [0, 0.1) is 0 Å². The van der Waals surface area contributed by atoms with Gasteiger partial charge in [-0.15, -0.1) is 0 Å². The minimum Gasteiger partial charge on any atom is -0.507 e. The SMILES string of the molecule is CCOC(=O)C1=C(C)N=c2s/c(=C\c3ccccc3O)c(=O)n2[C@@H]1c1ccc(-c2ccc(Cl)c(Cl)c2)o1. The van der Waals surface area contributed by atoms with Crippen LogP contribution in [0.3, 0.4) is 0 Å². The second-order valence-corrected chi connectivity index (χ2v) is 10.0. The summed E-state index contributed by atoms with van der Waals surface area (Å²) in [5.41, 5.74) is 1.43. The molecule has 1 N–H and O–H groups in total. The molecule has 0 unspecified atom stereocenters. The molecular weight excluding hydrogens is 535 g/mol. The van der Waals surface area contributed by atoms with Crippen molar-refractivity contribution in [3.05, 3.63) is 107 Å². The Morgan fingerprint density at radius 3 is 2.70 bits per heavy atom. The number of benzene rings is 2. The number of thiazole rings is 1. The zero-order valence-electron chi connectivity index (χ0n) is 19.7. The summed E-state index contributed by atoms with van der Waals surface area (Å²) in [6.07, 6.45) is 1.60. The second-order valence-electron chi connectivity index (χ2n) is 8.19. The van der Waals surface area contributed by atoms with Crippen molar-refractivity contribution in [3.8, 4) is 17.1 Å². The van der Waals surface area contributed by atoms with Gasteiger partial charge in [0, 0.05) is 11.1 Å². The molecule has 5 rings (SSSR count). The number of phenolic OH excluding ortho intramolecular Hbond substituents is 1. The summed E-state index contributed by atoms with van der Waals surface area (Å²) < 4.78 is 13.3. The number of carbonyl (C=O) groups is 1. The third kappa shape index (κ3) is 4.64. The Balaban J connectivity index is 1.70. The number of esters is 1. The van der Waals surface area contributed by atoms with E-state index in [-0.39, 0.29) is 23.5 Å². The minimum absolute atomic E-state index is 0.0468. The Labute approximate surface area is 225 Å². The number of hydrogen-bond acceptors (Lipinski definition) is 7. The third-order valence-corrected chi connectivity index (χ3v) is 7.56. The molecule has 0 saturated heterocycles. The van der Waals surface area contributed by atoms with Gasteiger partial charge in [0.1, 0.15) is 23.3 Å². The van der Waals surface area contributed by atoms with Gasteiger partial charge in [0.2, 0.25) is 0 Å². The van der Waals surface area contributed by atoms with Crippen molar-refractivity contribution in [2.24, 2.45) is 4.99 Å². The number of ether oxygens (including phenoxy) is 1. The lowest BCUT2D eigenvalue weighted by molar-refractivity contribution is -0.139. The van der Waals surface area contributed by atoms with Crippen LogP contribution < -0.4 is 14.9 Å². The van der Waals surface area contributed by atoms with E-state index >= 15 is 0 Å². The number of rotatable bonds is 5. The van der Waals surface area contributed by atoms with Crippen molar-refractivity contribution in [1.29, 1.82) is 0 Å². The Morgan fingerprint density at radius 2 is 1.97 bits per heavy atom. The van der Waals surface area contributed by atoms with E-state index < -0.39 is 12.0 Å². The summed E-state index contributed by atoms with van der Waals surface area (Å²) in [6.45, 7) is 3.56. The first-order valence-corrected chi connectivity index (χ1v) is 12.9. The van der Waals surface area contributed by atoms with E-state index in [2.05, 4.69) is 4.99 Å². The highest BCUT2D eigenvalue weighted by atomic mass is 35.5. The van der Waals surface area contributed by atoms with E-state index in [9.17, 15) is 14.7 Å². The molecule has 0 spiro atoms. The number of carbonyl (C=O) groups excluding carboxylic acids is 1. The third-order valence-electron chi connectivity index (χ3n) is 5.84. The number of hydrogen-bond donors (Lipinski definition) is 1. The largest absolute Gasteiger partial charge is 0.507 e. The fraction of sp³-hybridized carbons (Fsp3) is 0.148. The van der Waals surface area contributed by atoms with Gasteiger partial charge in [-0.2, -0.15) is 0 Å². The number of para-hydroxylation sites is 1. The Kier molecular flexibility index (Phi) is 6.81. The van der Waals surface area contributed by atoms with Gasteiger partial charge in [-0.1, -0.05) is 52.7 Å². The van der Waals surface area contributed by atoms with Gasteiger partial charge >= 0.3 is 5.97 Å². The molecule has 0 bridgehead atoms. The molecule has 0 fully saturated rings. The van der Waals surface area contributed by atoms with E-state index in [0.717, 1.165) is 11.3 Å². The summed E-state index contributed by atoms with van der Waals surface area (Å²) in [4.78, 5) is 31.6. The lowest BCUT2D eigenvalue weighted by atomic mass is 10.0. The molecule has 0 radical (unpaired) electrons. The maximum atomic E-state index is 13.7. The number of nitrogens with zero attached hydrogens (tertiary/aromatic N) is 2. The summed E-state index contributed by atoms with van der Waals surface area (Å²) in [5, 5.41) is 11.0. The number of aromatic hydroxyl groups is 1. The fourth-order valence-electron chi connectivity index (χ4n) is 4.12. The van der Waals surface area contributed by atoms with Gasteiger partial charge < -0.3 is 14.3 Å². The summed E-state index contributed by atoms with van der Waals surface area (Å²) >= 11 is 13.4. The van der Waals surface area contributed by atoms with E-state index in [1.807, 2.05) is 0 Å². The molecule has 3 heterocycles. The van der Waals surface area contributed by atoms with Crippen molar-refractivity contribution in [2.45, 2.75) is 19.9 Å². The highest BCUT2D eigenvalue weighted by Crippen LogP contribution is 2.35. The number of phenols is 1. The molecule has 0 amide bonds. The van der Waals surface area contributed by atoms with Gasteiger partial charge in [-0.25, -0.2) is 9.79 Å². The van der Waals surface area contributed by atoms with Crippen LogP contribution in [0.15, 0.2) is 80.1 Å². The summed E-state index contributed by atoms with van der Waals surface area (Å²) in [7, 11) is 0. The standard InChI is InChI=1S/C27H20Cl2N2O5S/c1-3-35-26(34)23-14(2)30-27-31(25(33)22(37-27)13-15-6-4-5-7-19(15)32)24(23)21-11-10-20(36-21)16-8-9-17(28)18(29)12-16/h4-13,24,32H,3H2,1-2H3/b22-13-/t24-/m1/s1. The predicted octanol–water partition coefficient (Wildman–Crippen LogP) is 5.07. The van der Waals surface area contributed by atoms with Gasteiger partial charge in [0.05, 0.1) is 32.5 Å². The Morgan fingerprint density at radius 1 is 1.19 bits per heavy atom.